The molecule has 2 aliphatic carbocycles. The van der Waals surface area contributed by atoms with E-state index in [0.29, 0.717) is 5.92 Å². The van der Waals surface area contributed by atoms with E-state index in [1.54, 1.807) is 0 Å². The number of hydrogen-bond acceptors (Lipinski definition) is 2. The van der Waals surface area contributed by atoms with Crippen molar-refractivity contribution in [1.82, 2.24) is 15.2 Å². The van der Waals surface area contributed by atoms with Crippen LogP contribution in [0.25, 0.3) is 0 Å². The first kappa shape index (κ1) is 6.63. The second kappa shape index (κ2) is 2.09. The van der Waals surface area contributed by atoms with Crippen LogP contribution in [0.1, 0.15) is 36.8 Å². The van der Waals surface area contributed by atoms with E-state index < -0.39 is 0 Å². The predicted molar refractivity (Wildman–Crippen MR) is 44.7 cm³/mol. The molecular formula is C9H13N3. The summed E-state index contributed by atoms with van der Waals surface area (Å²) >= 11 is 0. The number of nitrogens with zero attached hydrogens (tertiary/aromatic N) is 2. The molecule has 0 bridgehead atoms. The van der Waals surface area contributed by atoms with Gasteiger partial charge in [-0.05, 0) is 38.0 Å². The number of fused-ring (bicyclic) bond motifs is 1. The van der Waals surface area contributed by atoms with E-state index in [2.05, 4.69) is 15.2 Å². The van der Waals surface area contributed by atoms with E-state index in [-0.39, 0.29) is 0 Å². The molecule has 1 aromatic heterocycles. The van der Waals surface area contributed by atoms with Crippen LogP contribution >= 0.6 is 0 Å². The van der Waals surface area contributed by atoms with Crippen molar-refractivity contribution in [1.29, 1.82) is 0 Å². The molecule has 0 aliphatic heterocycles. The van der Waals surface area contributed by atoms with Gasteiger partial charge in [0.1, 0.15) is 5.82 Å². The lowest BCUT2D eigenvalue weighted by molar-refractivity contribution is 0.592. The molecule has 0 aromatic carbocycles. The number of H-pyrrole nitrogens is 1. The number of aryl methyl sites for hydroxylation is 1. The van der Waals surface area contributed by atoms with Crippen molar-refractivity contribution < 1.29 is 0 Å². The van der Waals surface area contributed by atoms with Crippen molar-refractivity contribution >= 4 is 0 Å². The molecule has 3 nitrogen and oxygen atoms in total. The minimum absolute atomic E-state index is 0.665. The number of nitrogens with one attached hydrogen (secondary N) is 1. The van der Waals surface area contributed by atoms with Crippen molar-refractivity contribution in [2.75, 3.05) is 0 Å². The largest absolute Gasteiger partial charge is 0.263 e. The third-order valence-corrected chi connectivity index (χ3v) is 3.22. The van der Waals surface area contributed by atoms with Gasteiger partial charge < -0.3 is 0 Å². The Morgan fingerprint density at radius 3 is 2.58 bits per heavy atom. The van der Waals surface area contributed by atoms with Gasteiger partial charge in [-0.25, -0.2) is 4.98 Å². The molecular weight excluding hydrogens is 150 g/mol. The van der Waals surface area contributed by atoms with Gasteiger partial charge in [0, 0.05) is 5.92 Å². The summed E-state index contributed by atoms with van der Waals surface area (Å²) in [6.07, 6.45) is 4.14. The zero-order valence-corrected chi connectivity index (χ0v) is 7.25. The highest BCUT2D eigenvalue weighted by molar-refractivity contribution is 5.08. The molecule has 12 heavy (non-hydrogen) atoms. The Labute approximate surface area is 71.6 Å². The smallest absolute Gasteiger partial charge is 0.153 e. The van der Waals surface area contributed by atoms with Crippen LogP contribution in [-0.2, 0) is 0 Å². The van der Waals surface area contributed by atoms with Gasteiger partial charge in [0.25, 0.3) is 0 Å². The zero-order valence-electron chi connectivity index (χ0n) is 7.25. The quantitative estimate of drug-likeness (QED) is 0.683. The SMILES string of the molecule is Cc1nc(C2CC3CC3C2)n[nH]1. The summed E-state index contributed by atoms with van der Waals surface area (Å²) in [6.45, 7) is 1.96. The molecule has 2 atom stereocenters. The summed E-state index contributed by atoms with van der Waals surface area (Å²) in [5.74, 6) is 4.71. The summed E-state index contributed by atoms with van der Waals surface area (Å²) in [6, 6.07) is 0. The van der Waals surface area contributed by atoms with Crippen LogP contribution in [0.15, 0.2) is 0 Å². The third-order valence-electron chi connectivity index (χ3n) is 3.22. The molecule has 0 amide bonds. The van der Waals surface area contributed by atoms with Crippen molar-refractivity contribution in [2.24, 2.45) is 11.8 Å². The van der Waals surface area contributed by atoms with Crippen molar-refractivity contribution in [2.45, 2.75) is 32.1 Å². The maximum Gasteiger partial charge on any atom is 0.153 e. The van der Waals surface area contributed by atoms with Crippen LogP contribution in [0.3, 0.4) is 0 Å². The Bertz CT molecular complexity index is 294. The fourth-order valence-electron chi connectivity index (χ4n) is 2.47. The van der Waals surface area contributed by atoms with Crippen molar-refractivity contribution in [3.8, 4) is 0 Å². The first-order valence-electron chi connectivity index (χ1n) is 4.72. The highest BCUT2D eigenvalue weighted by Gasteiger charge is 2.47. The molecule has 2 fully saturated rings. The minimum Gasteiger partial charge on any atom is -0.263 e. The maximum atomic E-state index is 4.38. The highest BCUT2D eigenvalue weighted by Crippen LogP contribution is 2.56. The van der Waals surface area contributed by atoms with Gasteiger partial charge in [0.2, 0.25) is 0 Å². The Morgan fingerprint density at radius 2 is 2.00 bits per heavy atom. The molecule has 2 aliphatic rings. The molecule has 1 N–H and O–H groups in total. The highest BCUT2D eigenvalue weighted by atomic mass is 15.2. The Balaban J connectivity index is 1.81. The summed E-state index contributed by atoms with van der Waals surface area (Å²) in [7, 11) is 0. The van der Waals surface area contributed by atoms with E-state index >= 15 is 0 Å². The monoisotopic (exact) mass is 163 g/mol. The van der Waals surface area contributed by atoms with Crippen LogP contribution in [0, 0.1) is 18.8 Å². The van der Waals surface area contributed by atoms with Crippen molar-refractivity contribution in [3.63, 3.8) is 0 Å². The summed E-state index contributed by atoms with van der Waals surface area (Å²) in [4.78, 5) is 4.38. The van der Waals surface area contributed by atoms with E-state index in [9.17, 15) is 0 Å². The number of hydrogen-bond donors (Lipinski definition) is 1. The predicted octanol–water partition coefficient (Wildman–Crippen LogP) is 1.63. The average Bonchev–Trinajstić information content (AvgIpc) is 2.49. The van der Waals surface area contributed by atoms with E-state index in [1.165, 1.54) is 19.3 Å². The van der Waals surface area contributed by atoms with Gasteiger partial charge in [-0.15, -0.1) is 0 Å². The van der Waals surface area contributed by atoms with Gasteiger partial charge in [0.15, 0.2) is 5.82 Å². The van der Waals surface area contributed by atoms with Gasteiger partial charge in [0.05, 0.1) is 0 Å². The normalized spacial score (nSPS) is 38.2. The van der Waals surface area contributed by atoms with Crippen LogP contribution in [0.5, 0.6) is 0 Å². The molecule has 3 rings (SSSR count). The lowest BCUT2D eigenvalue weighted by atomic mass is 10.0. The van der Waals surface area contributed by atoms with E-state index in [1.807, 2.05) is 6.92 Å². The minimum atomic E-state index is 0.665. The Kier molecular flexibility index (Phi) is 1.15. The van der Waals surface area contributed by atoms with E-state index in [0.717, 1.165) is 23.5 Å². The lowest BCUT2D eigenvalue weighted by Gasteiger charge is -2.04. The van der Waals surface area contributed by atoms with Gasteiger partial charge in [-0.2, -0.15) is 5.10 Å². The van der Waals surface area contributed by atoms with Gasteiger partial charge in [-0.3, -0.25) is 5.10 Å². The first-order chi connectivity index (χ1) is 5.83. The lowest BCUT2D eigenvalue weighted by Crippen LogP contribution is -1.98. The molecule has 0 saturated heterocycles. The third kappa shape index (κ3) is 0.886. The molecule has 1 heterocycles. The van der Waals surface area contributed by atoms with E-state index in [4.69, 9.17) is 0 Å². The fraction of sp³-hybridized carbons (Fsp3) is 0.778. The second-order valence-corrected chi connectivity index (χ2v) is 4.20. The molecule has 0 radical (unpaired) electrons. The molecule has 0 spiro atoms. The standard InChI is InChI=1S/C9H13N3/c1-5-10-9(12-11-5)8-3-6-2-7(6)4-8/h6-8H,2-4H2,1H3,(H,10,11,12). The summed E-state index contributed by atoms with van der Waals surface area (Å²) in [5, 5.41) is 7.13. The fourth-order valence-corrected chi connectivity index (χ4v) is 2.47. The van der Waals surface area contributed by atoms with Gasteiger partial charge in [-0.1, -0.05) is 0 Å². The molecule has 3 heteroatoms. The maximum absolute atomic E-state index is 4.38. The molecule has 1 aromatic rings. The molecule has 64 valence electrons. The van der Waals surface area contributed by atoms with Gasteiger partial charge >= 0.3 is 0 Å². The summed E-state index contributed by atoms with van der Waals surface area (Å²) in [5.41, 5.74) is 0. The van der Waals surface area contributed by atoms with Crippen LogP contribution in [0.2, 0.25) is 0 Å². The molecule has 2 saturated carbocycles. The van der Waals surface area contributed by atoms with Crippen LogP contribution in [0.4, 0.5) is 0 Å². The Morgan fingerprint density at radius 1 is 1.25 bits per heavy atom. The topological polar surface area (TPSA) is 41.6 Å². The first-order valence-corrected chi connectivity index (χ1v) is 4.72. The Hall–Kier alpha value is -0.860. The average molecular weight is 163 g/mol. The zero-order chi connectivity index (χ0) is 8.13. The number of aromatic nitrogens is 3. The molecule has 2 unspecified atom stereocenters. The van der Waals surface area contributed by atoms with Crippen molar-refractivity contribution in [3.05, 3.63) is 11.6 Å². The number of rotatable bonds is 1. The van der Waals surface area contributed by atoms with Crippen LogP contribution < -0.4 is 0 Å². The second-order valence-electron chi connectivity index (χ2n) is 4.20. The summed E-state index contributed by atoms with van der Waals surface area (Å²) < 4.78 is 0. The van der Waals surface area contributed by atoms with Crippen LogP contribution in [-0.4, -0.2) is 15.2 Å². The number of aromatic amines is 1.